The molecule has 1 heterocycles. The zero-order valence-corrected chi connectivity index (χ0v) is 9.68. The number of benzene rings is 1. The van der Waals surface area contributed by atoms with Gasteiger partial charge in [-0.25, -0.2) is 4.79 Å². The van der Waals surface area contributed by atoms with Gasteiger partial charge < -0.3 is 10.1 Å². The van der Waals surface area contributed by atoms with E-state index in [2.05, 4.69) is 5.32 Å². The summed E-state index contributed by atoms with van der Waals surface area (Å²) in [7, 11) is 0. The van der Waals surface area contributed by atoms with E-state index in [4.69, 9.17) is 4.74 Å². The summed E-state index contributed by atoms with van der Waals surface area (Å²) in [5.74, 6) is -0.110. The second-order valence-corrected chi connectivity index (χ2v) is 4.21. The summed E-state index contributed by atoms with van der Waals surface area (Å²) < 4.78 is 4.92. The van der Waals surface area contributed by atoms with Gasteiger partial charge in [0.25, 0.3) is 0 Å². The first-order chi connectivity index (χ1) is 8.16. The number of hydrogen-bond acceptors (Lipinski definition) is 3. The van der Waals surface area contributed by atoms with Crippen molar-refractivity contribution >= 4 is 11.9 Å². The lowest BCUT2D eigenvalue weighted by Gasteiger charge is -2.13. The van der Waals surface area contributed by atoms with Gasteiger partial charge in [0.05, 0.1) is 6.04 Å². The summed E-state index contributed by atoms with van der Waals surface area (Å²) in [6, 6.07) is 9.76. The molecule has 4 heteroatoms. The van der Waals surface area contributed by atoms with Crippen LogP contribution in [0.5, 0.6) is 0 Å². The van der Waals surface area contributed by atoms with Gasteiger partial charge in [0, 0.05) is 0 Å². The Morgan fingerprint density at radius 2 is 2.06 bits per heavy atom. The molecule has 4 nitrogen and oxygen atoms in total. The second-order valence-electron chi connectivity index (χ2n) is 4.21. The quantitative estimate of drug-likeness (QED) is 0.860. The Morgan fingerprint density at radius 3 is 2.71 bits per heavy atom. The molecule has 90 valence electrons. The first-order valence-electron chi connectivity index (χ1n) is 5.68. The van der Waals surface area contributed by atoms with Crippen LogP contribution in [0.25, 0.3) is 0 Å². The molecule has 0 spiro atoms. The van der Waals surface area contributed by atoms with Gasteiger partial charge in [-0.05, 0) is 25.3 Å². The van der Waals surface area contributed by atoms with Crippen LogP contribution in [0.1, 0.15) is 18.9 Å². The van der Waals surface area contributed by atoms with Crippen LogP contribution in [0.3, 0.4) is 0 Å². The Balaban J connectivity index is 1.94. The molecular weight excluding hydrogens is 218 g/mol. The number of carbonyl (C=O) groups excluding carboxylic acids is 2. The van der Waals surface area contributed by atoms with Crippen LogP contribution in [0.15, 0.2) is 30.3 Å². The number of nitrogens with one attached hydrogen (secondary N) is 1. The summed E-state index contributed by atoms with van der Waals surface area (Å²) in [6.07, 6.45) is 0.397. The van der Waals surface area contributed by atoms with Crippen LogP contribution in [0, 0.1) is 0 Å². The summed E-state index contributed by atoms with van der Waals surface area (Å²) in [5, 5.41) is 2.67. The highest BCUT2D eigenvalue weighted by Gasteiger charge is 2.36. The maximum Gasteiger partial charge on any atom is 0.408 e. The van der Waals surface area contributed by atoms with Crippen molar-refractivity contribution in [3.63, 3.8) is 0 Å². The van der Waals surface area contributed by atoms with Crippen molar-refractivity contribution in [2.45, 2.75) is 31.9 Å². The lowest BCUT2D eigenvalue weighted by Crippen LogP contribution is -2.35. The van der Waals surface area contributed by atoms with Gasteiger partial charge in [0.1, 0.15) is 0 Å². The standard InChI is InChI=1S/C13H15NO3/c1-9(15)12-11(14-13(16)17-12)8-7-10-5-3-2-4-6-10/h2-6,11-12H,7-8H2,1H3,(H,14,16)/t11-,12?/m1/s1. The Kier molecular flexibility index (Phi) is 3.42. The molecule has 1 aromatic carbocycles. The third-order valence-corrected chi connectivity index (χ3v) is 2.89. The van der Waals surface area contributed by atoms with E-state index in [0.29, 0.717) is 6.42 Å². The highest BCUT2D eigenvalue weighted by atomic mass is 16.6. The van der Waals surface area contributed by atoms with Gasteiger partial charge in [-0.15, -0.1) is 0 Å². The molecule has 17 heavy (non-hydrogen) atoms. The maximum atomic E-state index is 11.3. The van der Waals surface area contributed by atoms with Crippen LogP contribution >= 0.6 is 0 Å². The smallest absolute Gasteiger partial charge is 0.408 e. The van der Waals surface area contributed by atoms with E-state index < -0.39 is 12.2 Å². The second kappa shape index (κ2) is 4.99. The molecule has 2 atom stereocenters. The van der Waals surface area contributed by atoms with Crippen LogP contribution in [0.4, 0.5) is 4.79 Å². The van der Waals surface area contributed by atoms with Crippen molar-refractivity contribution in [2.75, 3.05) is 0 Å². The van der Waals surface area contributed by atoms with E-state index in [1.165, 1.54) is 12.5 Å². The van der Waals surface area contributed by atoms with E-state index in [9.17, 15) is 9.59 Å². The number of ketones is 1. The summed E-state index contributed by atoms with van der Waals surface area (Å²) in [4.78, 5) is 22.4. The van der Waals surface area contributed by atoms with Crippen molar-refractivity contribution in [3.05, 3.63) is 35.9 Å². The molecule has 1 unspecified atom stereocenters. The van der Waals surface area contributed by atoms with Gasteiger partial charge >= 0.3 is 6.09 Å². The zero-order chi connectivity index (χ0) is 12.3. The third-order valence-electron chi connectivity index (χ3n) is 2.89. The fourth-order valence-electron chi connectivity index (χ4n) is 2.02. The molecule has 1 aromatic rings. The van der Waals surface area contributed by atoms with E-state index in [-0.39, 0.29) is 11.8 Å². The summed E-state index contributed by atoms with van der Waals surface area (Å²) >= 11 is 0. The van der Waals surface area contributed by atoms with Crippen LogP contribution in [-0.4, -0.2) is 24.0 Å². The average Bonchev–Trinajstić information content (AvgIpc) is 2.69. The minimum absolute atomic E-state index is 0.110. The van der Waals surface area contributed by atoms with Crippen molar-refractivity contribution in [2.24, 2.45) is 0 Å². The van der Waals surface area contributed by atoms with Gasteiger partial charge in [0.2, 0.25) is 0 Å². The van der Waals surface area contributed by atoms with Crippen LogP contribution < -0.4 is 5.32 Å². The number of rotatable bonds is 4. The molecular formula is C13H15NO3. The number of carbonyl (C=O) groups is 2. The topological polar surface area (TPSA) is 55.4 Å². The average molecular weight is 233 g/mol. The summed E-state index contributed by atoms with van der Waals surface area (Å²) in [6.45, 7) is 1.44. The van der Waals surface area contributed by atoms with Crippen LogP contribution in [-0.2, 0) is 16.0 Å². The molecule has 1 fully saturated rings. The lowest BCUT2D eigenvalue weighted by atomic mass is 10.00. The number of ether oxygens (including phenoxy) is 1. The molecule has 0 aromatic heterocycles. The van der Waals surface area contributed by atoms with Crippen LogP contribution in [0.2, 0.25) is 0 Å². The van der Waals surface area contributed by atoms with Gasteiger partial charge in [-0.2, -0.15) is 0 Å². The van der Waals surface area contributed by atoms with Gasteiger partial charge in [0.15, 0.2) is 11.9 Å². The molecule has 1 saturated heterocycles. The highest BCUT2D eigenvalue weighted by Crippen LogP contribution is 2.15. The minimum atomic E-state index is -0.633. The van der Waals surface area contributed by atoms with E-state index in [0.717, 1.165) is 6.42 Å². The Bertz CT molecular complexity index is 416. The van der Waals surface area contributed by atoms with Crippen molar-refractivity contribution in [3.8, 4) is 0 Å². The summed E-state index contributed by atoms with van der Waals surface area (Å²) in [5.41, 5.74) is 1.19. The molecule has 1 N–H and O–H groups in total. The molecule has 1 aliphatic rings. The zero-order valence-electron chi connectivity index (χ0n) is 9.68. The largest absolute Gasteiger partial charge is 0.436 e. The van der Waals surface area contributed by atoms with Crippen molar-refractivity contribution in [1.29, 1.82) is 0 Å². The SMILES string of the molecule is CC(=O)C1OC(=O)N[C@@H]1CCc1ccccc1. The number of hydrogen-bond donors (Lipinski definition) is 1. The Morgan fingerprint density at radius 1 is 1.35 bits per heavy atom. The van der Waals surface area contributed by atoms with E-state index in [1.54, 1.807) is 0 Å². The Labute approximate surface area is 100.0 Å². The Hall–Kier alpha value is -1.84. The van der Waals surface area contributed by atoms with Crippen molar-refractivity contribution < 1.29 is 14.3 Å². The van der Waals surface area contributed by atoms with E-state index >= 15 is 0 Å². The molecule has 0 aliphatic carbocycles. The molecule has 2 rings (SSSR count). The number of amides is 1. The lowest BCUT2D eigenvalue weighted by molar-refractivity contribution is -0.124. The normalized spacial score (nSPS) is 23.0. The maximum absolute atomic E-state index is 11.3. The van der Waals surface area contributed by atoms with Gasteiger partial charge in [-0.1, -0.05) is 30.3 Å². The molecule has 1 amide bonds. The van der Waals surface area contributed by atoms with E-state index in [1.807, 2.05) is 30.3 Å². The highest BCUT2D eigenvalue weighted by molar-refractivity contribution is 5.86. The first kappa shape index (κ1) is 11.6. The minimum Gasteiger partial charge on any atom is -0.436 e. The number of Topliss-reactive ketones (excluding diaryl/α,β-unsaturated/α-hetero) is 1. The molecule has 0 bridgehead atoms. The third kappa shape index (κ3) is 2.84. The fourth-order valence-corrected chi connectivity index (χ4v) is 2.02. The number of alkyl carbamates (subject to hydrolysis) is 1. The molecule has 0 saturated carbocycles. The molecule has 1 aliphatic heterocycles. The predicted molar refractivity (Wildman–Crippen MR) is 62.6 cm³/mol. The first-order valence-corrected chi connectivity index (χ1v) is 5.68. The van der Waals surface area contributed by atoms with Crippen molar-refractivity contribution in [1.82, 2.24) is 5.32 Å². The molecule has 0 radical (unpaired) electrons. The number of aryl methyl sites for hydroxylation is 1. The number of cyclic esters (lactones) is 1. The monoisotopic (exact) mass is 233 g/mol. The van der Waals surface area contributed by atoms with Gasteiger partial charge in [-0.3, -0.25) is 4.79 Å². The fraction of sp³-hybridized carbons (Fsp3) is 0.385. The predicted octanol–water partition coefficient (Wildman–Crippen LogP) is 1.69.